The molecular weight excluding hydrogens is 190 g/mol. The number of benzene rings is 1. The molecule has 1 saturated carbocycles. The average Bonchev–Trinajstić information content (AvgIpc) is 3.10. The van der Waals surface area contributed by atoms with Gasteiger partial charge in [-0.2, -0.15) is 0 Å². The molecule has 1 atom stereocenters. The fourth-order valence-electron chi connectivity index (χ4n) is 1.55. The summed E-state index contributed by atoms with van der Waals surface area (Å²) < 4.78 is 0. The van der Waals surface area contributed by atoms with Gasteiger partial charge >= 0.3 is 0 Å². The van der Waals surface area contributed by atoms with E-state index in [9.17, 15) is 9.90 Å². The van der Waals surface area contributed by atoms with Crippen molar-refractivity contribution in [1.82, 2.24) is 5.32 Å². The molecule has 2 rings (SSSR count). The number of aliphatic hydroxyl groups is 1. The Morgan fingerprint density at radius 3 is 2.60 bits per heavy atom. The number of nitrogens with one attached hydrogen (secondary N) is 1. The molecule has 0 bridgehead atoms. The Balaban J connectivity index is 2.00. The van der Waals surface area contributed by atoms with Gasteiger partial charge in [-0.15, -0.1) is 0 Å². The Morgan fingerprint density at radius 2 is 2.07 bits per heavy atom. The van der Waals surface area contributed by atoms with E-state index in [-0.39, 0.29) is 24.5 Å². The first kappa shape index (κ1) is 10.2. The standard InChI is InChI=1S/C12H15NO2/c14-8-11(9-4-2-1-3-5-9)13-12(15)10-6-7-10/h1-5,10-11,14H,6-8H2,(H,13,15). The van der Waals surface area contributed by atoms with Gasteiger partial charge in [-0.3, -0.25) is 4.79 Å². The first-order valence-corrected chi connectivity index (χ1v) is 5.27. The van der Waals surface area contributed by atoms with Crippen molar-refractivity contribution in [2.45, 2.75) is 18.9 Å². The predicted octanol–water partition coefficient (Wildman–Crippen LogP) is 1.25. The second kappa shape index (κ2) is 4.45. The highest BCUT2D eigenvalue weighted by atomic mass is 16.3. The fraction of sp³-hybridized carbons (Fsp3) is 0.417. The topological polar surface area (TPSA) is 49.3 Å². The summed E-state index contributed by atoms with van der Waals surface area (Å²) >= 11 is 0. The van der Waals surface area contributed by atoms with Gasteiger partial charge in [-0.1, -0.05) is 30.3 Å². The van der Waals surface area contributed by atoms with Crippen LogP contribution in [0.2, 0.25) is 0 Å². The van der Waals surface area contributed by atoms with Crippen LogP contribution in [0.5, 0.6) is 0 Å². The van der Waals surface area contributed by atoms with Crippen molar-refractivity contribution in [2.75, 3.05) is 6.61 Å². The fourth-order valence-corrected chi connectivity index (χ4v) is 1.55. The van der Waals surface area contributed by atoms with Crippen LogP contribution in [-0.2, 0) is 4.79 Å². The van der Waals surface area contributed by atoms with Gasteiger partial charge in [0.25, 0.3) is 0 Å². The molecule has 3 heteroatoms. The third-order valence-corrected chi connectivity index (χ3v) is 2.65. The maximum absolute atomic E-state index is 11.5. The van der Waals surface area contributed by atoms with Crippen LogP contribution in [0.25, 0.3) is 0 Å². The van der Waals surface area contributed by atoms with Gasteiger partial charge in [-0.05, 0) is 18.4 Å². The Morgan fingerprint density at radius 1 is 1.40 bits per heavy atom. The summed E-state index contributed by atoms with van der Waals surface area (Å²) in [6, 6.07) is 9.28. The van der Waals surface area contributed by atoms with E-state index in [0.717, 1.165) is 18.4 Å². The minimum atomic E-state index is -0.265. The molecule has 3 nitrogen and oxygen atoms in total. The minimum Gasteiger partial charge on any atom is -0.394 e. The summed E-state index contributed by atoms with van der Waals surface area (Å²) in [6.07, 6.45) is 1.97. The summed E-state index contributed by atoms with van der Waals surface area (Å²) in [5, 5.41) is 12.1. The van der Waals surface area contributed by atoms with E-state index < -0.39 is 0 Å². The molecule has 0 radical (unpaired) electrons. The lowest BCUT2D eigenvalue weighted by molar-refractivity contribution is -0.123. The molecule has 0 saturated heterocycles. The molecule has 15 heavy (non-hydrogen) atoms. The third kappa shape index (κ3) is 2.57. The van der Waals surface area contributed by atoms with Gasteiger partial charge in [0, 0.05) is 5.92 Å². The van der Waals surface area contributed by atoms with Crippen LogP contribution in [-0.4, -0.2) is 17.6 Å². The van der Waals surface area contributed by atoms with Gasteiger partial charge in [0.15, 0.2) is 0 Å². The molecule has 0 aromatic heterocycles. The largest absolute Gasteiger partial charge is 0.394 e. The molecule has 1 aliphatic rings. The molecule has 2 N–H and O–H groups in total. The van der Waals surface area contributed by atoms with E-state index in [1.165, 1.54) is 0 Å². The molecular formula is C12H15NO2. The summed E-state index contributed by atoms with van der Waals surface area (Å²) in [5.74, 6) is 0.251. The van der Waals surface area contributed by atoms with E-state index in [1.54, 1.807) is 0 Å². The molecule has 1 unspecified atom stereocenters. The SMILES string of the molecule is O=C(NC(CO)c1ccccc1)C1CC1. The summed E-state index contributed by atoms with van der Waals surface area (Å²) in [7, 11) is 0. The number of aliphatic hydroxyl groups excluding tert-OH is 1. The molecule has 1 aromatic rings. The molecule has 0 heterocycles. The molecule has 1 amide bonds. The van der Waals surface area contributed by atoms with Crippen molar-refractivity contribution in [1.29, 1.82) is 0 Å². The average molecular weight is 205 g/mol. The van der Waals surface area contributed by atoms with E-state index in [4.69, 9.17) is 0 Å². The number of carbonyl (C=O) groups excluding carboxylic acids is 1. The highest BCUT2D eigenvalue weighted by Crippen LogP contribution is 2.29. The number of rotatable bonds is 4. The smallest absolute Gasteiger partial charge is 0.223 e. The Hall–Kier alpha value is -1.35. The predicted molar refractivity (Wildman–Crippen MR) is 57.1 cm³/mol. The zero-order valence-corrected chi connectivity index (χ0v) is 8.52. The lowest BCUT2D eigenvalue weighted by atomic mass is 10.1. The number of hydrogen-bond donors (Lipinski definition) is 2. The highest BCUT2D eigenvalue weighted by Gasteiger charge is 2.30. The first-order chi connectivity index (χ1) is 7.31. The Kier molecular flexibility index (Phi) is 3.02. The van der Waals surface area contributed by atoms with Gasteiger partial charge in [0.2, 0.25) is 5.91 Å². The van der Waals surface area contributed by atoms with E-state index in [1.807, 2.05) is 30.3 Å². The van der Waals surface area contributed by atoms with E-state index in [2.05, 4.69) is 5.32 Å². The highest BCUT2D eigenvalue weighted by molar-refractivity contribution is 5.81. The lowest BCUT2D eigenvalue weighted by Gasteiger charge is -2.16. The van der Waals surface area contributed by atoms with Crippen LogP contribution in [0, 0.1) is 5.92 Å². The number of carbonyl (C=O) groups is 1. The minimum absolute atomic E-state index is 0.0531. The van der Waals surface area contributed by atoms with Crippen molar-refractivity contribution < 1.29 is 9.90 Å². The van der Waals surface area contributed by atoms with E-state index >= 15 is 0 Å². The maximum atomic E-state index is 11.5. The van der Waals surface area contributed by atoms with Gasteiger partial charge < -0.3 is 10.4 Å². The zero-order chi connectivity index (χ0) is 10.7. The zero-order valence-electron chi connectivity index (χ0n) is 8.52. The van der Waals surface area contributed by atoms with Crippen molar-refractivity contribution in [3.8, 4) is 0 Å². The summed E-state index contributed by atoms with van der Waals surface area (Å²) in [4.78, 5) is 11.5. The van der Waals surface area contributed by atoms with Crippen molar-refractivity contribution in [3.63, 3.8) is 0 Å². The van der Waals surface area contributed by atoms with Crippen LogP contribution < -0.4 is 5.32 Å². The maximum Gasteiger partial charge on any atom is 0.223 e. The van der Waals surface area contributed by atoms with Crippen molar-refractivity contribution in [3.05, 3.63) is 35.9 Å². The molecule has 80 valence electrons. The molecule has 1 aliphatic carbocycles. The van der Waals surface area contributed by atoms with Crippen LogP contribution in [0.4, 0.5) is 0 Å². The monoisotopic (exact) mass is 205 g/mol. The number of amides is 1. The normalized spacial score (nSPS) is 17.1. The third-order valence-electron chi connectivity index (χ3n) is 2.65. The van der Waals surface area contributed by atoms with E-state index in [0.29, 0.717) is 0 Å². The molecule has 0 aliphatic heterocycles. The second-order valence-electron chi connectivity index (χ2n) is 3.93. The molecule has 1 fully saturated rings. The van der Waals surface area contributed by atoms with Gasteiger partial charge in [-0.25, -0.2) is 0 Å². The van der Waals surface area contributed by atoms with Crippen molar-refractivity contribution >= 4 is 5.91 Å². The van der Waals surface area contributed by atoms with Gasteiger partial charge in [0.05, 0.1) is 12.6 Å². The quantitative estimate of drug-likeness (QED) is 0.777. The van der Waals surface area contributed by atoms with Crippen LogP contribution >= 0.6 is 0 Å². The Labute approximate surface area is 89.1 Å². The van der Waals surface area contributed by atoms with Gasteiger partial charge in [0.1, 0.15) is 0 Å². The Bertz CT molecular complexity index is 333. The van der Waals surface area contributed by atoms with Crippen LogP contribution in [0.1, 0.15) is 24.4 Å². The summed E-state index contributed by atoms with van der Waals surface area (Å²) in [6.45, 7) is -0.0531. The molecule has 0 spiro atoms. The summed E-state index contributed by atoms with van der Waals surface area (Å²) in [5.41, 5.74) is 0.953. The second-order valence-corrected chi connectivity index (χ2v) is 3.93. The van der Waals surface area contributed by atoms with Crippen LogP contribution in [0.3, 0.4) is 0 Å². The first-order valence-electron chi connectivity index (χ1n) is 5.27. The number of hydrogen-bond acceptors (Lipinski definition) is 2. The van der Waals surface area contributed by atoms with Crippen molar-refractivity contribution in [2.24, 2.45) is 5.92 Å². The lowest BCUT2D eigenvalue weighted by Crippen LogP contribution is -2.31. The van der Waals surface area contributed by atoms with Crippen LogP contribution in [0.15, 0.2) is 30.3 Å². The molecule has 1 aromatic carbocycles.